The van der Waals surface area contributed by atoms with E-state index in [0.29, 0.717) is 12.5 Å². The smallest absolute Gasteiger partial charge is 0.261 e. The van der Waals surface area contributed by atoms with Crippen molar-refractivity contribution in [2.45, 2.75) is 38.3 Å². The molecule has 3 fully saturated rings. The molecule has 0 saturated carbocycles. The van der Waals surface area contributed by atoms with E-state index in [1.807, 2.05) is 12.1 Å². The fourth-order valence-electron chi connectivity index (χ4n) is 4.90. The minimum Gasteiger partial charge on any atom is -0.488 e. The van der Waals surface area contributed by atoms with Gasteiger partial charge >= 0.3 is 0 Å². The van der Waals surface area contributed by atoms with Crippen LogP contribution in [0.1, 0.15) is 36.4 Å². The van der Waals surface area contributed by atoms with Gasteiger partial charge < -0.3 is 15.4 Å². The summed E-state index contributed by atoms with van der Waals surface area (Å²) in [5.74, 6) is 1.53. The topological polar surface area (TPSA) is 53.6 Å². The molecule has 1 atom stereocenters. The van der Waals surface area contributed by atoms with Crippen molar-refractivity contribution in [3.05, 3.63) is 23.1 Å². The Morgan fingerprint density at radius 2 is 2.15 bits per heavy atom. The highest BCUT2D eigenvalue weighted by atomic mass is 32.1. The zero-order valence-electron chi connectivity index (χ0n) is 15.3. The van der Waals surface area contributed by atoms with Gasteiger partial charge in [-0.15, -0.1) is 11.3 Å². The van der Waals surface area contributed by atoms with Crippen LogP contribution < -0.4 is 15.4 Å². The maximum atomic E-state index is 13.0. The van der Waals surface area contributed by atoms with Crippen molar-refractivity contribution in [3.63, 3.8) is 0 Å². The lowest BCUT2D eigenvalue weighted by Crippen LogP contribution is -2.69. The highest BCUT2D eigenvalue weighted by molar-refractivity contribution is 7.21. The third kappa shape index (κ3) is 2.42. The number of hydrogen-bond donors (Lipinski definition) is 2. The number of carbonyl (C=O) groups excluding carboxylic acids is 1. The number of ether oxygens (including phenoxy) is 1. The molecule has 26 heavy (non-hydrogen) atoms. The van der Waals surface area contributed by atoms with Crippen LogP contribution in [0.4, 0.5) is 5.69 Å². The molecule has 0 unspecified atom stereocenters. The number of fused-ring (bicyclic) bond motifs is 6. The second kappa shape index (κ2) is 5.86. The molecule has 3 saturated heterocycles. The lowest BCUT2D eigenvalue weighted by molar-refractivity contribution is -0.0377. The Hall–Kier alpha value is -1.79. The molecule has 4 aliphatic heterocycles. The van der Waals surface area contributed by atoms with Gasteiger partial charge in [0.25, 0.3) is 5.91 Å². The van der Waals surface area contributed by atoms with E-state index in [1.54, 1.807) is 0 Å². The van der Waals surface area contributed by atoms with Crippen molar-refractivity contribution in [1.82, 2.24) is 10.2 Å². The fourth-order valence-corrected chi connectivity index (χ4v) is 5.96. The maximum Gasteiger partial charge on any atom is 0.261 e. The average Bonchev–Trinajstić information content (AvgIpc) is 3.10. The number of rotatable bonds is 2. The first-order valence-electron chi connectivity index (χ1n) is 9.53. The van der Waals surface area contributed by atoms with E-state index in [0.717, 1.165) is 46.0 Å². The molecule has 2 aromatic rings. The van der Waals surface area contributed by atoms with Gasteiger partial charge in [-0.2, -0.15) is 0 Å². The van der Waals surface area contributed by atoms with Crippen molar-refractivity contribution in [2.24, 2.45) is 5.92 Å². The van der Waals surface area contributed by atoms with E-state index in [-0.39, 0.29) is 17.5 Å². The molecule has 1 aromatic carbocycles. The highest BCUT2D eigenvalue weighted by Gasteiger charge is 2.48. The van der Waals surface area contributed by atoms with Gasteiger partial charge in [0.15, 0.2) is 5.75 Å². The van der Waals surface area contributed by atoms with Gasteiger partial charge in [-0.05, 0) is 63.2 Å². The zero-order valence-corrected chi connectivity index (χ0v) is 16.1. The maximum absolute atomic E-state index is 13.0. The second-order valence-electron chi connectivity index (χ2n) is 8.18. The first kappa shape index (κ1) is 16.4. The number of hydrogen-bond acceptors (Lipinski definition) is 5. The third-order valence-corrected chi connectivity index (χ3v) is 7.55. The minimum atomic E-state index is 0.0275. The molecule has 5 heterocycles. The summed E-state index contributed by atoms with van der Waals surface area (Å²) < 4.78 is 6.93. The predicted molar refractivity (Wildman–Crippen MR) is 105 cm³/mol. The number of thiophene rings is 1. The lowest BCUT2D eigenvalue weighted by atomic mass is 9.72. The van der Waals surface area contributed by atoms with Crippen molar-refractivity contribution >= 4 is 33.0 Å². The van der Waals surface area contributed by atoms with E-state index >= 15 is 0 Å². The molecular formula is C20H25N3O2S. The number of piperidine rings is 3. The Labute approximate surface area is 157 Å². The Morgan fingerprint density at radius 1 is 1.35 bits per heavy atom. The average molecular weight is 372 g/mol. The van der Waals surface area contributed by atoms with Crippen molar-refractivity contribution < 1.29 is 9.53 Å². The number of anilines is 1. The van der Waals surface area contributed by atoms with Crippen LogP contribution in [0.25, 0.3) is 10.1 Å². The normalized spacial score (nSPS) is 28.9. The van der Waals surface area contributed by atoms with E-state index in [4.69, 9.17) is 4.74 Å². The largest absolute Gasteiger partial charge is 0.488 e. The molecule has 6 rings (SSSR count). The Balaban J connectivity index is 1.44. The number of benzene rings is 1. The first-order valence-corrected chi connectivity index (χ1v) is 10.3. The van der Waals surface area contributed by atoms with Crippen molar-refractivity contribution in [1.29, 1.82) is 0 Å². The predicted octanol–water partition coefficient (Wildman–Crippen LogP) is 3.31. The Bertz CT molecular complexity index is 867. The van der Waals surface area contributed by atoms with Crippen LogP contribution in [-0.2, 0) is 0 Å². The minimum absolute atomic E-state index is 0.0275. The summed E-state index contributed by atoms with van der Waals surface area (Å²) in [4.78, 5) is 16.3. The molecule has 5 nitrogen and oxygen atoms in total. The second-order valence-corrected chi connectivity index (χ2v) is 9.23. The van der Waals surface area contributed by atoms with Gasteiger partial charge in [0, 0.05) is 18.1 Å². The molecule has 2 N–H and O–H groups in total. The van der Waals surface area contributed by atoms with Gasteiger partial charge in [-0.3, -0.25) is 9.69 Å². The number of nitrogens with one attached hydrogen (secondary N) is 2. The monoisotopic (exact) mass is 371 g/mol. The Morgan fingerprint density at radius 3 is 2.92 bits per heavy atom. The molecule has 6 heteroatoms. The summed E-state index contributed by atoms with van der Waals surface area (Å²) in [5, 5.41) is 7.81. The van der Waals surface area contributed by atoms with Crippen LogP contribution in [-0.4, -0.2) is 48.6 Å². The zero-order chi connectivity index (χ0) is 17.9. The van der Waals surface area contributed by atoms with E-state index < -0.39 is 0 Å². The summed E-state index contributed by atoms with van der Waals surface area (Å²) in [6.07, 6.45) is 2.38. The van der Waals surface area contributed by atoms with Gasteiger partial charge in [-0.25, -0.2) is 0 Å². The SMILES string of the molecule is CC1(C)[C@H](NC(=O)c2cc3ccc4c(c3s2)OCCN4)C2CCN1CC2. The van der Waals surface area contributed by atoms with Crippen molar-refractivity contribution in [3.8, 4) is 5.75 Å². The molecule has 1 amide bonds. The summed E-state index contributed by atoms with van der Waals surface area (Å²) in [6.45, 7) is 8.34. The van der Waals surface area contributed by atoms with Gasteiger partial charge in [0.2, 0.25) is 0 Å². The quantitative estimate of drug-likeness (QED) is 0.850. The summed E-state index contributed by atoms with van der Waals surface area (Å²) >= 11 is 1.54. The van der Waals surface area contributed by atoms with E-state index in [2.05, 4.69) is 35.4 Å². The summed E-state index contributed by atoms with van der Waals surface area (Å²) in [5.41, 5.74) is 1.05. The lowest BCUT2D eigenvalue weighted by Gasteiger charge is -2.56. The first-order chi connectivity index (χ1) is 12.5. The van der Waals surface area contributed by atoms with E-state index in [9.17, 15) is 4.79 Å². The van der Waals surface area contributed by atoms with Crippen LogP contribution in [0, 0.1) is 5.92 Å². The standard InChI is InChI=1S/C20H25N3O2S/c1-20(2)18(12-5-8-23(20)9-6-12)22-19(24)15-11-13-3-4-14-16(17(13)26-15)25-10-7-21-14/h3-4,11-12,18,21H,5-10H2,1-2H3,(H,22,24)/t18-/m1/s1. The van der Waals surface area contributed by atoms with Crippen LogP contribution in [0.15, 0.2) is 18.2 Å². The molecule has 4 aliphatic rings. The molecule has 1 aromatic heterocycles. The number of carbonyl (C=O) groups is 1. The molecule has 2 bridgehead atoms. The van der Waals surface area contributed by atoms with Crippen molar-refractivity contribution in [2.75, 3.05) is 31.6 Å². The number of amides is 1. The van der Waals surface area contributed by atoms with E-state index in [1.165, 1.54) is 24.2 Å². The summed E-state index contributed by atoms with van der Waals surface area (Å²) in [7, 11) is 0. The molecular weight excluding hydrogens is 346 g/mol. The van der Waals surface area contributed by atoms with Gasteiger partial charge in [-0.1, -0.05) is 6.07 Å². The van der Waals surface area contributed by atoms with Crippen LogP contribution in [0.3, 0.4) is 0 Å². The highest BCUT2D eigenvalue weighted by Crippen LogP contribution is 2.42. The molecule has 0 radical (unpaired) electrons. The van der Waals surface area contributed by atoms with Crippen LogP contribution in [0.5, 0.6) is 5.75 Å². The third-order valence-electron chi connectivity index (χ3n) is 6.40. The summed E-state index contributed by atoms with van der Waals surface area (Å²) in [6, 6.07) is 6.33. The van der Waals surface area contributed by atoms with Crippen LogP contribution in [0.2, 0.25) is 0 Å². The Kier molecular flexibility index (Phi) is 3.69. The number of nitrogens with zero attached hydrogens (tertiary/aromatic N) is 1. The van der Waals surface area contributed by atoms with Crippen LogP contribution >= 0.6 is 11.3 Å². The fraction of sp³-hybridized carbons (Fsp3) is 0.550. The molecule has 0 aliphatic carbocycles. The van der Waals surface area contributed by atoms with Gasteiger partial charge in [0.05, 0.1) is 15.3 Å². The molecule has 138 valence electrons. The molecule has 0 spiro atoms. The van der Waals surface area contributed by atoms with Gasteiger partial charge in [0.1, 0.15) is 6.61 Å².